The number of piperazine rings is 1. The monoisotopic (exact) mass is 288 g/mol. The van der Waals surface area contributed by atoms with Crippen LogP contribution in [-0.4, -0.2) is 51.5 Å². The average Bonchev–Trinajstić information content (AvgIpc) is 2.88. The van der Waals surface area contributed by atoms with Crippen LogP contribution in [0.2, 0.25) is 0 Å². The van der Waals surface area contributed by atoms with Crippen LogP contribution in [0.25, 0.3) is 0 Å². The van der Waals surface area contributed by atoms with E-state index in [2.05, 4.69) is 10.1 Å². The molecular weight excluding hydrogens is 272 g/mol. The largest absolute Gasteiger partial charge is 0.465 e. The zero-order valence-electron chi connectivity index (χ0n) is 10.8. The number of ether oxygens (including phenoxy) is 1. The molecule has 1 fully saturated rings. The van der Waals surface area contributed by atoms with Crippen molar-refractivity contribution < 1.29 is 22.4 Å². The molecule has 0 aliphatic carbocycles. The van der Waals surface area contributed by atoms with Crippen molar-refractivity contribution in [3.63, 3.8) is 0 Å². The lowest BCUT2D eigenvalue weighted by Gasteiger charge is -2.30. The van der Waals surface area contributed by atoms with Crippen LogP contribution in [0.1, 0.15) is 17.3 Å². The van der Waals surface area contributed by atoms with Gasteiger partial charge in [0.2, 0.25) is 5.09 Å². The Kier molecular flexibility index (Phi) is 3.93. The molecule has 0 spiro atoms. The summed E-state index contributed by atoms with van der Waals surface area (Å²) in [6.45, 7) is 3.24. The number of sulfonamides is 1. The van der Waals surface area contributed by atoms with Crippen LogP contribution in [0.15, 0.2) is 21.8 Å². The number of hydrogen-bond donors (Lipinski definition) is 1. The molecule has 1 unspecified atom stereocenters. The van der Waals surface area contributed by atoms with Gasteiger partial charge in [-0.15, -0.1) is 0 Å². The van der Waals surface area contributed by atoms with Crippen molar-refractivity contribution in [3.8, 4) is 0 Å². The Morgan fingerprint density at radius 2 is 2.32 bits per heavy atom. The fourth-order valence-electron chi connectivity index (χ4n) is 1.92. The lowest BCUT2D eigenvalue weighted by Crippen LogP contribution is -2.51. The van der Waals surface area contributed by atoms with Crippen molar-refractivity contribution in [3.05, 3.63) is 17.9 Å². The summed E-state index contributed by atoms with van der Waals surface area (Å²) in [7, 11) is -2.47. The third-order valence-electron chi connectivity index (χ3n) is 2.92. The molecule has 1 atom stereocenters. The quantitative estimate of drug-likeness (QED) is 0.791. The lowest BCUT2D eigenvalue weighted by atomic mass is 10.3. The van der Waals surface area contributed by atoms with Crippen molar-refractivity contribution in [1.29, 1.82) is 0 Å². The van der Waals surface area contributed by atoms with Crippen molar-refractivity contribution >= 4 is 16.0 Å². The Bertz CT molecular complexity index is 565. The van der Waals surface area contributed by atoms with Crippen LogP contribution in [0.5, 0.6) is 0 Å². The van der Waals surface area contributed by atoms with Gasteiger partial charge in [0.1, 0.15) is 6.26 Å². The molecule has 7 nitrogen and oxygen atoms in total. The Labute approximate surface area is 111 Å². The number of rotatable bonds is 3. The summed E-state index contributed by atoms with van der Waals surface area (Å²) in [4.78, 5) is 11.3. The van der Waals surface area contributed by atoms with Crippen LogP contribution in [0.3, 0.4) is 0 Å². The van der Waals surface area contributed by atoms with E-state index in [1.807, 2.05) is 6.92 Å². The van der Waals surface area contributed by atoms with Gasteiger partial charge < -0.3 is 14.5 Å². The van der Waals surface area contributed by atoms with Gasteiger partial charge in [0.15, 0.2) is 0 Å². The molecule has 106 valence electrons. The molecule has 1 aliphatic heterocycles. The summed E-state index contributed by atoms with van der Waals surface area (Å²) in [6, 6.07) is 1.27. The van der Waals surface area contributed by atoms with Crippen molar-refractivity contribution in [1.82, 2.24) is 9.62 Å². The molecule has 0 amide bonds. The Hall–Kier alpha value is -1.38. The maximum absolute atomic E-state index is 12.3. The van der Waals surface area contributed by atoms with Gasteiger partial charge >= 0.3 is 5.97 Å². The molecule has 1 aliphatic rings. The maximum Gasteiger partial charge on any atom is 0.341 e. The second-order valence-electron chi connectivity index (χ2n) is 4.36. The van der Waals surface area contributed by atoms with Crippen LogP contribution in [0.4, 0.5) is 0 Å². The van der Waals surface area contributed by atoms with Gasteiger partial charge in [-0.05, 0) is 6.92 Å². The molecule has 0 bridgehead atoms. The molecule has 1 aromatic heterocycles. The zero-order chi connectivity index (χ0) is 14.0. The molecule has 19 heavy (non-hydrogen) atoms. The van der Waals surface area contributed by atoms with Gasteiger partial charge in [0.05, 0.1) is 12.7 Å². The van der Waals surface area contributed by atoms with Crippen LogP contribution < -0.4 is 5.32 Å². The van der Waals surface area contributed by atoms with Gasteiger partial charge in [-0.1, -0.05) is 0 Å². The summed E-state index contributed by atoms with van der Waals surface area (Å²) in [5, 5.41) is 2.92. The predicted octanol–water partition coefficient (Wildman–Crippen LogP) is 0.0486. The molecule has 0 radical (unpaired) electrons. The van der Waals surface area contributed by atoms with Gasteiger partial charge in [0, 0.05) is 31.7 Å². The minimum absolute atomic E-state index is 0.0820. The Morgan fingerprint density at radius 3 is 2.95 bits per heavy atom. The van der Waals surface area contributed by atoms with Crippen molar-refractivity contribution in [2.45, 2.75) is 18.1 Å². The average molecular weight is 288 g/mol. The van der Waals surface area contributed by atoms with E-state index in [0.29, 0.717) is 19.6 Å². The number of carbonyl (C=O) groups excluding carboxylic acids is 1. The fourth-order valence-corrected chi connectivity index (χ4v) is 3.37. The first kappa shape index (κ1) is 14.0. The van der Waals surface area contributed by atoms with Gasteiger partial charge in [-0.3, -0.25) is 0 Å². The Balaban J connectivity index is 2.24. The molecule has 8 heteroatoms. The number of nitrogens with one attached hydrogen (secondary N) is 1. The normalized spacial score (nSPS) is 21.3. The number of hydrogen-bond acceptors (Lipinski definition) is 6. The summed E-state index contributed by atoms with van der Waals surface area (Å²) in [6.07, 6.45) is 1.09. The van der Waals surface area contributed by atoms with E-state index in [9.17, 15) is 13.2 Å². The summed E-state index contributed by atoms with van der Waals surface area (Å²) in [5.41, 5.74) is 0.0873. The number of methoxy groups -OCH3 is 1. The molecule has 1 aromatic rings. The van der Waals surface area contributed by atoms with E-state index in [1.165, 1.54) is 17.5 Å². The maximum atomic E-state index is 12.3. The van der Waals surface area contributed by atoms with Crippen molar-refractivity contribution in [2.24, 2.45) is 0 Å². The van der Waals surface area contributed by atoms with E-state index >= 15 is 0 Å². The highest BCUT2D eigenvalue weighted by Gasteiger charge is 2.31. The number of furan rings is 1. The number of nitrogens with zero attached hydrogens (tertiary/aromatic N) is 1. The first-order chi connectivity index (χ1) is 8.95. The Morgan fingerprint density at radius 1 is 1.58 bits per heavy atom. The second kappa shape index (κ2) is 5.32. The highest BCUT2D eigenvalue weighted by molar-refractivity contribution is 7.89. The highest BCUT2D eigenvalue weighted by Crippen LogP contribution is 2.20. The van der Waals surface area contributed by atoms with Crippen molar-refractivity contribution in [2.75, 3.05) is 26.7 Å². The van der Waals surface area contributed by atoms with Crippen LogP contribution >= 0.6 is 0 Å². The van der Waals surface area contributed by atoms with Crippen LogP contribution in [0, 0.1) is 0 Å². The third kappa shape index (κ3) is 2.80. The highest BCUT2D eigenvalue weighted by atomic mass is 32.2. The zero-order valence-corrected chi connectivity index (χ0v) is 11.6. The summed E-state index contributed by atoms with van der Waals surface area (Å²) >= 11 is 0. The van der Waals surface area contributed by atoms with E-state index < -0.39 is 16.0 Å². The first-order valence-electron chi connectivity index (χ1n) is 5.85. The van der Waals surface area contributed by atoms with Crippen LogP contribution in [-0.2, 0) is 14.8 Å². The smallest absolute Gasteiger partial charge is 0.341 e. The molecular formula is C11H16N2O5S. The standard InChI is InChI=1S/C11H16N2O5S/c1-8-6-13(4-3-12-8)19(15,16)10-5-9(7-18-10)11(14)17-2/h5,7-8,12H,3-4,6H2,1-2H3. The summed E-state index contributed by atoms with van der Waals surface area (Å²) in [5.74, 6) is -0.626. The molecule has 1 saturated heterocycles. The second-order valence-corrected chi connectivity index (χ2v) is 6.23. The molecule has 2 heterocycles. The SMILES string of the molecule is COC(=O)c1coc(S(=O)(=O)N2CCNC(C)C2)c1. The van der Waals surface area contributed by atoms with E-state index in [4.69, 9.17) is 4.42 Å². The fraction of sp³-hybridized carbons (Fsp3) is 0.545. The summed E-state index contributed by atoms with van der Waals surface area (Å²) < 4.78 is 35.5. The first-order valence-corrected chi connectivity index (χ1v) is 7.29. The van der Waals surface area contributed by atoms with Gasteiger partial charge in [-0.2, -0.15) is 4.31 Å². The lowest BCUT2D eigenvalue weighted by molar-refractivity contribution is 0.0600. The number of esters is 1. The van der Waals surface area contributed by atoms with E-state index in [1.54, 1.807) is 0 Å². The molecule has 0 saturated carbocycles. The van der Waals surface area contributed by atoms with E-state index in [0.717, 1.165) is 6.26 Å². The topological polar surface area (TPSA) is 88.8 Å². The predicted molar refractivity (Wildman–Crippen MR) is 66.3 cm³/mol. The molecule has 1 N–H and O–H groups in total. The van der Waals surface area contributed by atoms with Gasteiger partial charge in [-0.25, -0.2) is 13.2 Å². The minimum atomic E-state index is -3.70. The van der Waals surface area contributed by atoms with E-state index in [-0.39, 0.29) is 16.7 Å². The molecule has 0 aromatic carbocycles. The number of carbonyl (C=O) groups is 1. The molecule has 2 rings (SSSR count). The van der Waals surface area contributed by atoms with Gasteiger partial charge in [0.25, 0.3) is 10.0 Å². The third-order valence-corrected chi connectivity index (χ3v) is 4.66. The minimum Gasteiger partial charge on any atom is -0.465 e.